The van der Waals surface area contributed by atoms with E-state index in [-0.39, 0.29) is 5.76 Å². The van der Waals surface area contributed by atoms with E-state index in [1.54, 1.807) is 12.1 Å². The number of nitrogens with zero attached hydrogens (tertiary/aromatic N) is 1. The summed E-state index contributed by atoms with van der Waals surface area (Å²) in [7, 11) is 1.52. The van der Waals surface area contributed by atoms with Crippen molar-refractivity contribution in [3.05, 3.63) is 29.0 Å². The maximum Gasteiger partial charge on any atom is 0.374 e. The highest BCUT2D eigenvalue weighted by atomic mass is 35.5. The second kappa shape index (κ2) is 5.88. The lowest BCUT2D eigenvalue weighted by Crippen LogP contribution is -2.01. The van der Waals surface area contributed by atoms with Crippen molar-refractivity contribution in [2.24, 2.45) is 5.92 Å². The zero-order chi connectivity index (χ0) is 15.7. The average molecular weight is 324 g/mol. The lowest BCUT2D eigenvalue weighted by Gasteiger charge is -2.13. The van der Waals surface area contributed by atoms with Crippen LogP contribution < -0.4 is 9.47 Å². The van der Waals surface area contributed by atoms with E-state index >= 15 is 0 Å². The summed E-state index contributed by atoms with van der Waals surface area (Å²) in [6.07, 6.45) is 2.34. The van der Waals surface area contributed by atoms with Gasteiger partial charge in [-0.2, -0.15) is 0 Å². The van der Waals surface area contributed by atoms with Crippen LogP contribution in [0.2, 0.25) is 5.02 Å². The van der Waals surface area contributed by atoms with E-state index < -0.39 is 5.97 Å². The molecule has 0 saturated heterocycles. The van der Waals surface area contributed by atoms with Crippen LogP contribution in [0.25, 0.3) is 11.3 Å². The molecule has 3 rings (SSSR count). The molecular formula is C15H14ClNO5. The first kappa shape index (κ1) is 14.7. The Morgan fingerprint density at radius 2 is 2.23 bits per heavy atom. The van der Waals surface area contributed by atoms with E-state index in [1.165, 1.54) is 26.0 Å². The van der Waals surface area contributed by atoms with E-state index in [0.717, 1.165) is 0 Å². The molecule has 22 heavy (non-hydrogen) atoms. The highest BCUT2D eigenvalue weighted by Crippen LogP contribution is 2.40. The molecule has 1 saturated carbocycles. The van der Waals surface area contributed by atoms with E-state index in [4.69, 9.17) is 30.7 Å². The highest BCUT2D eigenvalue weighted by Gasteiger charge is 2.23. The van der Waals surface area contributed by atoms with Gasteiger partial charge in [0, 0.05) is 11.6 Å². The van der Waals surface area contributed by atoms with Gasteiger partial charge in [0.25, 0.3) is 0 Å². The third-order valence-electron chi connectivity index (χ3n) is 3.40. The summed E-state index contributed by atoms with van der Waals surface area (Å²) in [5.41, 5.74) is 0.978. The SMILES string of the molecule is COc1c(Cl)cc(-c2cc(C(=O)O)on2)cc1OCC1CC1. The Balaban J connectivity index is 1.94. The van der Waals surface area contributed by atoms with Gasteiger partial charge in [-0.25, -0.2) is 4.79 Å². The molecule has 0 aliphatic heterocycles. The molecular weight excluding hydrogens is 310 g/mol. The number of carboxylic acids is 1. The molecule has 1 N–H and O–H groups in total. The monoisotopic (exact) mass is 323 g/mol. The minimum absolute atomic E-state index is 0.234. The van der Waals surface area contributed by atoms with Gasteiger partial charge in [-0.05, 0) is 30.9 Å². The summed E-state index contributed by atoms with van der Waals surface area (Å²) in [4.78, 5) is 10.9. The van der Waals surface area contributed by atoms with E-state index in [2.05, 4.69) is 5.16 Å². The van der Waals surface area contributed by atoms with Crippen molar-refractivity contribution in [3.63, 3.8) is 0 Å². The summed E-state index contributed by atoms with van der Waals surface area (Å²) in [5.74, 6) is 0.133. The van der Waals surface area contributed by atoms with Gasteiger partial charge in [-0.15, -0.1) is 0 Å². The summed E-state index contributed by atoms with van der Waals surface area (Å²) in [6.45, 7) is 0.606. The van der Waals surface area contributed by atoms with Crippen LogP contribution in [-0.2, 0) is 0 Å². The van der Waals surface area contributed by atoms with Gasteiger partial charge in [0.15, 0.2) is 11.5 Å². The second-order valence-corrected chi connectivity index (χ2v) is 5.53. The van der Waals surface area contributed by atoms with Crippen molar-refractivity contribution in [3.8, 4) is 22.8 Å². The Morgan fingerprint density at radius 1 is 1.45 bits per heavy atom. The minimum atomic E-state index is -1.18. The third-order valence-corrected chi connectivity index (χ3v) is 3.68. The molecule has 1 heterocycles. The van der Waals surface area contributed by atoms with E-state index in [1.807, 2.05) is 0 Å². The molecule has 1 aliphatic rings. The topological polar surface area (TPSA) is 81.8 Å². The number of ether oxygens (including phenoxy) is 2. The normalized spacial score (nSPS) is 13.9. The van der Waals surface area contributed by atoms with Crippen LogP contribution in [0.1, 0.15) is 23.4 Å². The minimum Gasteiger partial charge on any atom is -0.491 e. The largest absolute Gasteiger partial charge is 0.491 e. The van der Waals surface area contributed by atoms with Crippen LogP contribution in [-0.4, -0.2) is 29.9 Å². The molecule has 0 radical (unpaired) electrons. The lowest BCUT2D eigenvalue weighted by atomic mass is 10.1. The molecule has 0 spiro atoms. The summed E-state index contributed by atoms with van der Waals surface area (Å²) in [6, 6.07) is 4.69. The smallest absolute Gasteiger partial charge is 0.374 e. The number of methoxy groups -OCH3 is 1. The quantitative estimate of drug-likeness (QED) is 0.876. The number of benzene rings is 1. The molecule has 6 nitrogen and oxygen atoms in total. The molecule has 7 heteroatoms. The Labute approximate surface area is 131 Å². The van der Waals surface area contributed by atoms with Crippen molar-refractivity contribution in [2.45, 2.75) is 12.8 Å². The van der Waals surface area contributed by atoms with Crippen molar-refractivity contribution in [2.75, 3.05) is 13.7 Å². The lowest BCUT2D eigenvalue weighted by molar-refractivity contribution is 0.0652. The zero-order valence-corrected chi connectivity index (χ0v) is 12.6. The molecule has 0 unspecified atom stereocenters. The highest BCUT2D eigenvalue weighted by molar-refractivity contribution is 6.32. The summed E-state index contributed by atoms with van der Waals surface area (Å²) >= 11 is 6.21. The fourth-order valence-electron chi connectivity index (χ4n) is 2.03. The number of aromatic carboxylic acids is 1. The molecule has 1 aromatic carbocycles. The molecule has 1 fully saturated rings. The van der Waals surface area contributed by atoms with Gasteiger partial charge in [-0.1, -0.05) is 16.8 Å². The van der Waals surface area contributed by atoms with Crippen LogP contribution >= 0.6 is 11.6 Å². The van der Waals surface area contributed by atoms with Gasteiger partial charge in [-0.3, -0.25) is 0 Å². The Morgan fingerprint density at radius 3 is 2.82 bits per heavy atom. The maximum absolute atomic E-state index is 10.9. The maximum atomic E-state index is 10.9. The first-order chi connectivity index (χ1) is 10.6. The number of carbonyl (C=O) groups is 1. The Hall–Kier alpha value is -2.21. The zero-order valence-electron chi connectivity index (χ0n) is 11.8. The molecule has 116 valence electrons. The number of carboxylic acid groups (broad SMARTS) is 1. The molecule has 2 aromatic rings. The average Bonchev–Trinajstić information content (AvgIpc) is 3.18. The fourth-order valence-corrected chi connectivity index (χ4v) is 2.31. The number of aromatic nitrogens is 1. The first-order valence-corrected chi connectivity index (χ1v) is 7.17. The first-order valence-electron chi connectivity index (χ1n) is 6.79. The number of rotatable bonds is 6. The van der Waals surface area contributed by atoms with E-state index in [9.17, 15) is 4.79 Å². The van der Waals surface area contributed by atoms with Crippen LogP contribution in [0.15, 0.2) is 22.7 Å². The molecule has 1 aliphatic carbocycles. The van der Waals surface area contributed by atoms with E-state index in [0.29, 0.717) is 40.3 Å². The molecule has 0 atom stereocenters. The van der Waals surface area contributed by atoms with Crippen LogP contribution in [0.3, 0.4) is 0 Å². The standard InChI is InChI=1S/C15H14ClNO5/c1-20-14-10(16)4-9(5-12(14)21-7-8-2-3-8)11-6-13(15(18)19)22-17-11/h4-6,8H,2-3,7H2,1H3,(H,18,19). The summed E-state index contributed by atoms with van der Waals surface area (Å²) < 4.78 is 15.8. The third kappa shape index (κ3) is 3.01. The molecule has 0 amide bonds. The second-order valence-electron chi connectivity index (χ2n) is 5.13. The molecule has 1 aromatic heterocycles. The number of halogens is 1. The predicted molar refractivity (Wildman–Crippen MR) is 78.7 cm³/mol. The van der Waals surface area contributed by atoms with Gasteiger partial charge in [0.05, 0.1) is 18.7 Å². The van der Waals surface area contributed by atoms with Crippen molar-refractivity contribution in [1.29, 1.82) is 0 Å². The number of hydrogen-bond donors (Lipinski definition) is 1. The summed E-state index contributed by atoms with van der Waals surface area (Å²) in [5, 5.41) is 13.0. The van der Waals surface area contributed by atoms with Gasteiger partial charge >= 0.3 is 5.97 Å². The van der Waals surface area contributed by atoms with Crippen LogP contribution in [0.5, 0.6) is 11.5 Å². The molecule has 0 bridgehead atoms. The Kier molecular flexibility index (Phi) is 3.94. The van der Waals surface area contributed by atoms with Crippen LogP contribution in [0.4, 0.5) is 0 Å². The van der Waals surface area contributed by atoms with Gasteiger partial charge in [0.2, 0.25) is 5.76 Å². The van der Waals surface area contributed by atoms with Crippen molar-refractivity contribution in [1.82, 2.24) is 5.16 Å². The van der Waals surface area contributed by atoms with Crippen LogP contribution in [0, 0.1) is 5.92 Å². The van der Waals surface area contributed by atoms with Crippen molar-refractivity contribution < 1.29 is 23.9 Å². The van der Waals surface area contributed by atoms with Crippen molar-refractivity contribution >= 4 is 17.6 Å². The van der Waals surface area contributed by atoms with Gasteiger partial charge in [0.1, 0.15) is 5.69 Å². The predicted octanol–water partition coefficient (Wildman–Crippen LogP) is 3.49. The number of hydrogen-bond acceptors (Lipinski definition) is 5. The fraction of sp³-hybridized carbons (Fsp3) is 0.333. The Bertz CT molecular complexity index is 708. The van der Waals surface area contributed by atoms with Gasteiger partial charge < -0.3 is 19.1 Å².